The SMILES string of the molecule is O=C(CCCCCN1C(=O)C=CC1=O)NCC(=O)NC1(C(=O)O)CC1. The van der Waals surface area contributed by atoms with Crippen LogP contribution in [0.25, 0.3) is 0 Å². The molecular formula is C16H21N3O6. The molecular weight excluding hydrogens is 330 g/mol. The summed E-state index contributed by atoms with van der Waals surface area (Å²) in [7, 11) is 0. The Morgan fingerprint density at radius 1 is 1.04 bits per heavy atom. The van der Waals surface area contributed by atoms with E-state index in [0.717, 1.165) is 4.90 Å². The number of carboxylic acids is 1. The molecule has 25 heavy (non-hydrogen) atoms. The fraction of sp³-hybridized carbons (Fsp3) is 0.562. The molecule has 1 saturated carbocycles. The number of amides is 4. The van der Waals surface area contributed by atoms with Gasteiger partial charge in [0, 0.05) is 25.1 Å². The molecule has 1 aliphatic carbocycles. The van der Waals surface area contributed by atoms with E-state index in [2.05, 4.69) is 10.6 Å². The van der Waals surface area contributed by atoms with Crippen molar-refractivity contribution in [2.75, 3.05) is 13.1 Å². The van der Waals surface area contributed by atoms with Gasteiger partial charge in [-0.1, -0.05) is 6.42 Å². The molecule has 0 aromatic heterocycles. The molecule has 0 bridgehead atoms. The van der Waals surface area contributed by atoms with Crippen molar-refractivity contribution in [3.63, 3.8) is 0 Å². The molecule has 1 aliphatic heterocycles. The molecule has 0 aromatic rings. The molecule has 2 aliphatic rings. The number of carbonyl (C=O) groups excluding carboxylic acids is 4. The molecule has 0 unspecified atom stereocenters. The van der Waals surface area contributed by atoms with Crippen molar-refractivity contribution in [1.82, 2.24) is 15.5 Å². The summed E-state index contributed by atoms with van der Waals surface area (Å²) in [6.45, 7) is 0.0717. The minimum absolute atomic E-state index is 0.220. The number of carboxylic acid groups (broad SMARTS) is 1. The zero-order valence-electron chi connectivity index (χ0n) is 13.7. The van der Waals surface area contributed by atoms with Crippen molar-refractivity contribution in [2.45, 2.75) is 44.1 Å². The van der Waals surface area contributed by atoms with Crippen LogP contribution < -0.4 is 10.6 Å². The highest BCUT2D eigenvalue weighted by Crippen LogP contribution is 2.35. The number of rotatable bonds is 10. The van der Waals surface area contributed by atoms with E-state index >= 15 is 0 Å². The Kier molecular flexibility index (Phi) is 5.89. The smallest absolute Gasteiger partial charge is 0.329 e. The number of hydrogen-bond acceptors (Lipinski definition) is 5. The molecule has 1 fully saturated rings. The molecule has 0 atom stereocenters. The van der Waals surface area contributed by atoms with Gasteiger partial charge in [0.05, 0.1) is 6.54 Å². The first kappa shape index (κ1) is 18.6. The fourth-order valence-electron chi connectivity index (χ4n) is 2.48. The third kappa shape index (κ3) is 5.13. The van der Waals surface area contributed by atoms with Crippen molar-refractivity contribution in [2.24, 2.45) is 0 Å². The Bertz CT molecular complexity index is 605. The maximum atomic E-state index is 11.7. The highest BCUT2D eigenvalue weighted by Gasteiger charge is 2.51. The molecule has 4 amide bonds. The van der Waals surface area contributed by atoms with Crippen LogP contribution in [0.1, 0.15) is 38.5 Å². The van der Waals surface area contributed by atoms with E-state index in [1.165, 1.54) is 12.2 Å². The number of imide groups is 1. The molecule has 0 spiro atoms. The van der Waals surface area contributed by atoms with E-state index in [0.29, 0.717) is 38.6 Å². The maximum Gasteiger partial charge on any atom is 0.329 e. The first-order valence-electron chi connectivity index (χ1n) is 8.19. The lowest BCUT2D eigenvalue weighted by molar-refractivity contribution is -0.143. The van der Waals surface area contributed by atoms with Crippen LogP contribution in [0.4, 0.5) is 0 Å². The number of nitrogens with zero attached hydrogens (tertiary/aromatic N) is 1. The van der Waals surface area contributed by atoms with Crippen LogP contribution in [-0.2, 0) is 24.0 Å². The Morgan fingerprint density at radius 3 is 2.24 bits per heavy atom. The van der Waals surface area contributed by atoms with Gasteiger partial charge in [-0.05, 0) is 25.7 Å². The van der Waals surface area contributed by atoms with Gasteiger partial charge in [-0.25, -0.2) is 4.79 Å². The number of unbranched alkanes of at least 4 members (excludes halogenated alkanes) is 2. The number of nitrogens with one attached hydrogen (secondary N) is 2. The van der Waals surface area contributed by atoms with Crippen molar-refractivity contribution in [1.29, 1.82) is 0 Å². The lowest BCUT2D eigenvalue weighted by Gasteiger charge is -2.13. The predicted molar refractivity (Wildman–Crippen MR) is 85.1 cm³/mol. The zero-order valence-corrected chi connectivity index (χ0v) is 13.7. The average molecular weight is 351 g/mol. The topological polar surface area (TPSA) is 133 Å². The van der Waals surface area contributed by atoms with Gasteiger partial charge in [0.2, 0.25) is 11.8 Å². The van der Waals surface area contributed by atoms with Gasteiger partial charge in [0.15, 0.2) is 0 Å². The van der Waals surface area contributed by atoms with Crippen LogP contribution in [0.5, 0.6) is 0 Å². The summed E-state index contributed by atoms with van der Waals surface area (Å²) in [5, 5.41) is 13.8. The van der Waals surface area contributed by atoms with Crippen molar-refractivity contribution in [3.05, 3.63) is 12.2 Å². The van der Waals surface area contributed by atoms with Crippen LogP contribution in [0.15, 0.2) is 12.2 Å². The zero-order chi connectivity index (χ0) is 18.4. The summed E-state index contributed by atoms with van der Waals surface area (Å²) < 4.78 is 0. The largest absolute Gasteiger partial charge is 0.480 e. The maximum absolute atomic E-state index is 11.7. The summed E-state index contributed by atoms with van der Waals surface area (Å²) in [6.07, 6.45) is 5.33. The predicted octanol–water partition coefficient (Wildman–Crippen LogP) is -0.679. The van der Waals surface area contributed by atoms with Crippen LogP contribution in [0.2, 0.25) is 0 Å². The minimum atomic E-state index is -1.15. The number of hydrogen-bond donors (Lipinski definition) is 3. The molecule has 9 heteroatoms. The van der Waals surface area contributed by atoms with Gasteiger partial charge >= 0.3 is 5.97 Å². The second-order valence-electron chi connectivity index (χ2n) is 6.18. The summed E-state index contributed by atoms with van der Waals surface area (Å²) in [6, 6.07) is 0. The van der Waals surface area contributed by atoms with Crippen LogP contribution in [0, 0.1) is 0 Å². The van der Waals surface area contributed by atoms with Crippen molar-refractivity contribution in [3.8, 4) is 0 Å². The Balaban J connectivity index is 1.52. The molecule has 3 N–H and O–H groups in total. The van der Waals surface area contributed by atoms with Crippen molar-refractivity contribution >= 4 is 29.6 Å². The standard InChI is InChI=1S/C16H21N3O6/c20-11(17-10-12(21)18-16(7-8-16)15(24)25)4-2-1-3-9-19-13(22)5-6-14(19)23/h5-6H,1-4,7-10H2,(H,17,20)(H,18,21)(H,24,25). The highest BCUT2D eigenvalue weighted by atomic mass is 16.4. The summed E-state index contributed by atoms with van der Waals surface area (Å²) in [5.41, 5.74) is -1.15. The van der Waals surface area contributed by atoms with Crippen LogP contribution >= 0.6 is 0 Å². The van der Waals surface area contributed by atoms with Gasteiger partial charge < -0.3 is 15.7 Å². The third-order valence-electron chi connectivity index (χ3n) is 4.17. The Hall–Kier alpha value is -2.71. The molecule has 0 saturated heterocycles. The van der Waals surface area contributed by atoms with Crippen LogP contribution in [-0.4, -0.2) is 58.2 Å². The minimum Gasteiger partial charge on any atom is -0.480 e. The fourth-order valence-corrected chi connectivity index (χ4v) is 2.48. The molecule has 136 valence electrons. The monoisotopic (exact) mass is 351 g/mol. The summed E-state index contributed by atoms with van der Waals surface area (Å²) >= 11 is 0. The number of carbonyl (C=O) groups is 5. The normalized spacial score (nSPS) is 17.5. The summed E-state index contributed by atoms with van der Waals surface area (Å²) in [5.74, 6) is -2.51. The van der Waals surface area contributed by atoms with E-state index in [1.807, 2.05) is 0 Å². The van der Waals surface area contributed by atoms with E-state index < -0.39 is 17.4 Å². The molecule has 0 radical (unpaired) electrons. The van der Waals surface area contributed by atoms with Gasteiger partial charge in [-0.15, -0.1) is 0 Å². The summed E-state index contributed by atoms with van der Waals surface area (Å²) in [4.78, 5) is 58.0. The van der Waals surface area contributed by atoms with Gasteiger partial charge in [-0.3, -0.25) is 24.1 Å². The molecule has 1 heterocycles. The first-order chi connectivity index (χ1) is 11.8. The Morgan fingerprint density at radius 2 is 1.68 bits per heavy atom. The lowest BCUT2D eigenvalue weighted by Crippen LogP contribution is -2.47. The van der Waals surface area contributed by atoms with Gasteiger partial charge in [0.25, 0.3) is 11.8 Å². The molecule has 9 nitrogen and oxygen atoms in total. The Labute approximate surface area is 144 Å². The average Bonchev–Trinajstić information content (AvgIpc) is 3.27. The van der Waals surface area contributed by atoms with Crippen molar-refractivity contribution < 1.29 is 29.1 Å². The molecule has 0 aromatic carbocycles. The van der Waals surface area contributed by atoms with E-state index in [9.17, 15) is 24.0 Å². The van der Waals surface area contributed by atoms with E-state index in [1.54, 1.807) is 0 Å². The van der Waals surface area contributed by atoms with E-state index in [4.69, 9.17) is 5.11 Å². The van der Waals surface area contributed by atoms with Crippen LogP contribution in [0.3, 0.4) is 0 Å². The number of aliphatic carboxylic acids is 1. The highest BCUT2D eigenvalue weighted by molar-refractivity contribution is 6.12. The third-order valence-corrected chi connectivity index (χ3v) is 4.17. The second-order valence-corrected chi connectivity index (χ2v) is 6.18. The second kappa shape index (κ2) is 7.91. The first-order valence-corrected chi connectivity index (χ1v) is 8.19. The molecule has 2 rings (SSSR count). The quantitative estimate of drug-likeness (QED) is 0.353. The lowest BCUT2D eigenvalue weighted by atomic mass is 10.2. The van der Waals surface area contributed by atoms with E-state index in [-0.39, 0.29) is 30.7 Å². The van der Waals surface area contributed by atoms with Gasteiger partial charge in [0.1, 0.15) is 5.54 Å². The van der Waals surface area contributed by atoms with Gasteiger partial charge in [-0.2, -0.15) is 0 Å².